The Kier molecular flexibility index (Phi) is 5.36. The van der Waals surface area contributed by atoms with Gasteiger partial charge < -0.3 is 4.43 Å². The summed E-state index contributed by atoms with van der Waals surface area (Å²) in [6.45, 7) is 5.11. The van der Waals surface area contributed by atoms with Gasteiger partial charge in [-0.1, -0.05) is 44.2 Å². The van der Waals surface area contributed by atoms with Crippen LogP contribution in [-0.2, 0) is 4.43 Å². The summed E-state index contributed by atoms with van der Waals surface area (Å²) in [5.41, 5.74) is 0. The Balaban J connectivity index is 2.89. The molecule has 0 amide bonds. The van der Waals surface area contributed by atoms with Gasteiger partial charge in [-0.3, -0.25) is 0 Å². The first-order valence-corrected chi connectivity index (χ1v) is 8.40. The van der Waals surface area contributed by atoms with E-state index in [1.807, 2.05) is 0 Å². The molecule has 0 aliphatic carbocycles. The SMILES string of the molecule is CC[Si](CC)(OCCCl)c1ccccc1. The Bertz CT molecular complexity index is 272. The highest BCUT2D eigenvalue weighted by molar-refractivity contribution is 6.86. The van der Waals surface area contributed by atoms with Crippen LogP contribution in [0.1, 0.15) is 13.8 Å². The normalized spacial score (nSPS) is 11.7. The van der Waals surface area contributed by atoms with E-state index in [0.29, 0.717) is 12.5 Å². The van der Waals surface area contributed by atoms with E-state index in [4.69, 9.17) is 16.0 Å². The van der Waals surface area contributed by atoms with Crippen molar-refractivity contribution in [1.29, 1.82) is 0 Å². The molecular weight excluding hydrogens is 224 g/mol. The predicted octanol–water partition coefficient (Wildman–Crippen LogP) is 3.13. The molecule has 15 heavy (non-hydrogen) atoms. The third-order valence-electron chi connectivity index (χ3n) is 2.90. The zero-order chi connectivity index (χ0) is 11.1. The van der Waals surface area contributed by atoms with E-state index < -0.39 is 8.32 Å². The number of halogens is 1. The van der Waals surface area contributed by atoms with E-state index in [1.165, 1.54) is 5.19 Å². The Labute approximate surface area is 98.5 Å². The van der Waals surface area contributed by atoms with Crippen molar-refractivity contribution < 1.29 is 4.43 Å². The summed E-state index contributed by atoms with van der Waals surface area (Å²) < 4.78 is 6.07. The van der Waals surface area contributed by atoms with Crippen LogP contribution in [0.2, 0.25) is 12.1 Å². The predicted molar refractivity (Wildman–Crippen MR) is 69.5 cm³/mol. The smallest absolute Gasteiger partial charge is 0.223 e. The topological polar surface area (TPSA) is 9.23 Å². The van der Waals surface area contributed by atoms with Gasteiger partial charge in [0.05, 0.1) is 0 Å². The summed E-state index contributed by atoms with van der Waals surface area (Å²) in [5, 5.41) is 1.39. The van der Waals surface area contributed by atoms with Crippen LogP contribution in [-0.4, -0.2) is 20.8 Å². The van der Waals surface area contributed by atoms with E-state index in [2.05, 4.69) is 44.2 Å². The van der Waals surface area contributed by atoms with Crippen LogP contribution in [0.4, 0.5) is 0 Å². The standard InChI is InChI=1S/C12H19ClOSi/c1-3-15(4-2,14-11-10-13)12-8-6-5-7-9-12/h5-9H,3-4,10-11H2,1-2H3. The first-order valence-electron chi connectivity index (χ1n) is 5.54. The molecule has 0 aliphatic heterocycles. The quantitative estimate of drug-likeness (QED) is 0.550. The maximum absolute atomic E-state index is 6.07. The fraction of sp³-hybridized carbons (Fsp3) is 0.500. The number of hydrogen-bond acceptors (Lipinski definition) is 1. The van der Waals surface area contributed by atoms with Crippen LogP contribution in [0.3, 0.4) is 0 Å². The summed E-state index contributed by atoms with van der Waals surface area (Å²) in [5.74, 6) is 0.585. The van der Waals surface area contributed by atoms with Crippen molar-refractivity contribution in [2.24, 2.45) is 0 Å². The zero-order valence-corrected chi connectivity index (χ0v) is 11.3. The van der Waals surface area contributed by atoms with Gasteiger partial charge in [-0.2, -0.15) is 0 Å². The molecule has 1 nitrogen and oxygen atoms in total. The van der Waals surface area contributed by atoms with E-state index in [-0.39, 0.29) is 0 Å². The molecular formula is C12H19ClOSi. The lowest BCUT2D eigenvalue weighted by molar-refractivity contribution is 0.333. The number of alkyl halides is 1. The molecule has 0 saturated carbocycles. The Morgan fingerprint density at radius 2 is 1.73 bits per heavy atom. The van der Waals surface area contributed by atoms with Crippen molar-refractivity contribution in [3.05, 3.63) is 30.3 Å². The first kappa shape index (κ1) is 12.8. The largest absolute Gasteiger partial charge is 0.411 e. The van der Waals surface area contributed by atoms with Crippen LogP contribution < -0.4 is 5.19 Å². The maximum atomic E-state index is 6.07. The van der Waals surface area contributed by atoms with Gasteiger partial charge in [0.15, 0.2) is 0 Å². The molecule has 0 radical (unpaired) electrons. The van der Waals surface area contributed by atoms with Gasteiger partial charge in [-0.15, -0.1) is 11.6 Å². The van der Waals surface area contributed by atoms with E-state index >= 15 is 0 Å². The highest BCUT2D eigenvalue weighted by Crippen LogP contribution is 2.16. The van der Waals surface area contributed by atoms with Crippen molar-refractivity contribution in [2.45, 2.75) is 25.9 Å². The Morgan fingerprint density at radius 3 is 2.20 bits per heavy atom. The van der Waals surface area contributed by atoms with Crippen molar-refractivity contribution in [3.8, 4) is 0 Å². The molecule has 0 N–H and O–H groups in total. The van der Waals surface area contributed by atoms with Gasteiger partial charge in [0.1, 0.15) is 0 Å². The lowest BCUT2D eigenvalue weighted by atomic mass is 10.4. The molecule has 0 bridgehead atoms. The number of benzene rings is 1. The fourth-order valence-electron chi connectivity index (χ4n) is 1.92. The summed E-state index contributed by atoms with van der Waals surface area (Å²) in [6, 6.07) is 12.8. The van der Waals surface area contributed by atoms with Gasteiger partial charge in [0, 0.05) is 12.5 Å². The minimum Gasteiger partial charge on any atom is -0.411 e. The Hall–Kier alpha value is -0.313. The zero-order valence-electron chi connectivity index (χ0n) is 9.50. The second-order valence-corrected chi connectivity index (χ2v) is 8.25. The van der Waals surface area contributed by atoms with Gasteiger partial charge in [-0.25, -0.2) is 0 Å². The van der Waals surface area contributed by atoms with Gasteiger partial charge >= 0.3 is 0 Å². The molecule has 1 rings (SSSR count). The van der Waals surface area contributed by atoms with Crippen molar-refractivity contribution >= 4 is 25.1 Å². The fourth-order valence-corrected chi connectivity index (χ4v) is 5.31. The first-order chi connectivity index (χ1) is 7.29. The second kappa shape index (κ2) is 6.31. The van der Waals surface area contributed by atoms with Crippen LogP contribution in [0, 0.1) is 0 Å². The average molecular weight is 243 g/mol. The third-order valence-corrected chi connectivity index (χ3v) is 7.48. The molecule has 84 valence electrons. The van der Waals surface area contributed by atoms with E-state index in [0.717, 1.165) is 12.1 Å². The molecule has 0 unspecified atom stereocenters. The van der Waals surface area contributed by atoms with Crippen LogP contribution in [0.25, 0.3) is 0 Å². The minimum absolute atomic E-state index is 0.585. The van der Waals surface area contributed by atoms with Crippen molar-refractivity contribution in [2.75, 3.05) is 12.5 Å². The lowest BCUT2D eigenvalue weighted by Gasteiger charge is -2.29. The molecule has 3 heteroatoms. The molecule has 1 aromatic rings. The van der Waals surface area contributed by atoms with Gasteiger partial charge in [0.2, 0.25) is 8.32 Å². The van der Waals surface area contributed by atoms with Crippen LogP contribution >= 0.6 is 11.6 Å². The molecule has 0 fully saturated rings. The molecule has 0 saturated heterocycles. The van der Waals surface area contributed by atoms with Crippen molar-refractivity contribution in [1.82, 2.24) is 0 Å². The third kappa shape index (κ3) is 3.07. The van der Waals surface area contributed by atoms with E-state index in [9.17, 15) is 0 Å². The monoisotopic (exact) mass is 242 g/mol. The number of hydrogen-bond donors (Lipinski definition) is 0. The summed E-state index contributed by atoms with van der Waals surface area (Å²) in [7, 11) is -1.72. The van der Waals surface area contributed by atoms with E-state index in [1.54, 1.807) is 0 Å². The molecule has 0 heterocycles. The van der Waals surface area contributed by atoms with Crippen molar-refractivity contribution in [3.63, 3.8) is 0 Å². The Morgan fingerprint density at radius 1 is 1.13 bits per heavy atom. The molecule has 0 aromatic heterocycles. The highest BCUT2D eigenvalue weighted by Gasteiger charge is 2.32. The van der Waals surface area contributed by atoms with Crippen LogP contribution in [0.15, 0.2) is 30.3 Å². The minimum atomic E-state index is -1.72. The van der Waals surface area contributed by atoms with Gasteiger partial charge in [0.25, 0.3) is 0 Å². The van der Waals surface area contributed by atoms with Crippen LogP contribution in [0.5, 0.6) is 0 Å². The van der Waals surface area contributed by atoms with Gasteiger partial charge in [-0.05, 0) is 17.3 Å². The summed E-state index contributed by atoms with van der Waals surface area (Å²) in [6.07, 6.45) is 0. The summed E-state index contributed by atoms with van der Waals surface area (Å²) >= 11 is 5.71. The lowest BCUT2D eigenvalue weighted by Crippen LogP contribution is -2.49. The molecule has 1 aromatic carbocycles. The number of rotatable bonds is 6. The maximum Gasteiger partial charge on any atom is 0.223 e. The highest BCUT2D eigenvalue weighted by atomic mass is 35.5. The second-order valence-electron chi connectivity index (χ2n) is 3.60. The molecule has 0 aliphatic rings. The average Bonchev–Trinajstić information content (AvgIpc) is 2.33. The summed E-state index contributed by atoms with van der Waals surface area (Å²) in [4.78, 5) is 0. The molecule has 0 atom stereocenters. The molecule has 0 spiro atoms.